The highest BCUT2D eigenvalue weighted by atomic mass is 19.4. The van der Waals surface area contributed by atoms with E-state index in [1.54, 1.807) is 0 Å². The number of pyridine rings is 1. The maximum atomic E-state index is 12.8. The van der Waals surface area contributed by atoms with Gasteiger partial charge in [-0.2, -0.15) is 13.2 Å². The number of halogens is 3. The number of hydrogen-bond donors (Lipinski definition) is 1. The van der Waals surface area contributed by atoms with Gasteiger partial charge >= 0.3 is 12.1 Å². The van der Waals surface area contributed by atoms with Crippen molar-refractivity contribution in [3.63, 3.8) is 0 Å². The Balaban J connectivity index is 0.000000405. The van der Waals surface area contributed by atoms with E-state index in [0.717, 1.165) is 43.9 Å². The van der Waals surface area contributed by atoms with Crippen molar-refractivity contribution < 1.29 is 37.3 Å². The molecule has 3 aliphatic rings. The Morgan fingerprint density at radius 3 is 2.54 bits per heavy atom. The van der Waals surface area contributed by atoms with Crippen LogP contribution in [-0.2, 0) is 27.3 Å². The van der Waals surface area contributed by atoms with E-state index in [0.29, 0.717) is 25.4 Å². The van der Waals surface area contributed by atoms with Crippen LogP contribution >= 0.6 is 0 Å². The minimum atomic E-state index is -5.08. The van der Waals surface area contributed by atoms with Gasteiger partial charge in [-0.1, -0.05) is 24.3 Å². The first kappa shape index (κ1) is 26.9. The predicted octanol–water partition coefficient (Wildman–Crippen LogP) is 3.16. The predicted molar refractivity (Wildman–Crippen MR) is 127 cm³/mol. The standard InChI is InChI=1S/C24H29N3O3.C2HF3O2/c1-26(13-18-5-4-10-25-12-18)14-19-8-9-24(29-15-19)16-27(17-24)23(28)22-11-20-6-2-3-7-21(20)30-22;3-2(4,5)1(6)7/h2-7,10,12,19,22H,8-9,11,13-17H2,1H3;(H,6,7). The zero-order valence-electron chi connectivity index (χ0n) is 20.5. The van der Waals surface area contributed by atoms with Crippen molar-refractivity contribution >= 4 is 11.9 Å². The van der Waals surface area contributed by atoms with Gasteiger partial charge in [-0.3, -0.25) is 9.78 Å². The van der Waals surface area contributed by atoms with Crippen molar-refractivity contribution in [3.8, 4) is 5.75 Å². The zero-order chi connectivity index (χ0) is 26.6. The molecule has 2 unspecified atom stereocenters. The van der Waals surface area contributed by atoms with E-state index >= 15 is 0 Å². The van der Waals surface area contributed by atoms with Crippen LogP contribution in [0.1, 0.15) is 24.0 Å². The molecular weight excluding hydrogens is 491 g/mol. The van der Waals surface area contributed by atoms with Gasteiger partial charge in [0.05, 0.1) is 19.7 Å². The Morgan fingerprint density at radius 1 is 1.22 bits per heavy atom. The van der Waals surface area contributed by atoms with E-state index in [2.05, 4.69) is 23.0 Å². The van der Waals surface area contributed by atoms with Crippen molar-refractivity contribution in [2.24, 2.45) is 5.92 Å². The number of hydrogen-bond acceptors (Lipinski definition) is 6. The minimum absolute atomic E-state index is 0.0961. The molecule has 2 saturated heterocycles. The SMILES string of the molecule is CN(Cc1cccnc1)CC1CCC2(CN(C(=O)C3Cc4ccccc4O3)C2)OC1.O=C(O)C(F)(F)F. The third kappa shape index (κ3) is 6.78. The van der Waals surface area contributed by atoms with E-state index in [4.69, 9.17) is 19.4 Å². The lowest BCUT2D eigenvalue weighted by atomic mass is 9.82. The number of carbonyl (C=O) groups is 2. The smallest absolute Gasteiger partial charge is 0.480 e. The van der Waals surface area contributed by atoms with Gasteiger partial charge < -0.3 is 24.4 Å². The summed E-state index contributed by atoms with van der Waals surface area (Å²) >= 11 is 0. The Hall–Kier alpha value is -3.18. The molecule has 1 amide bonds. The van der Waals surface area contributed by atoms with Gasteiger partial charge in [-0.25, -0.2) is 4.79 Å². The van der Waals surface area contributed by atoms with Crippen molar-refractivity contribution in [3.05, 3.63) is 59.9 Å². The number of benzene rings is 1. The second-order valence-electron chi connectivity index (χ2n) is 9.87. The summed E-state index contributed by atoms with van der Waals surface area (Å²) in [6.07, 6.45) is 1.11. The van der Waals surface area contributed by atoms with Crippen LogP contribution in [0.3, 0.4) is 0 Å². The van der Waals surface area contributed by atoms with Crippen molar-refractivity contribution in [2.75, 3.05) is 33.3 Å². The fourth-order valence-corrected chi connectivity index (χ4v) is 4.95. The summed E-state index contributed by atoms with van der Waals surface area (Å²) in [7, 11) is 2.15. The summed E-state index contributed by atoms with van der Waals surface area (Å²) in [6, 6.07) is 12.0. The van der Waals surface area contributed by atoms with E-state index < -0.39 is 12.1 Å². The first-order chi connectivity index (χ1) is 17.5. The van der Waals surface area contributed by atoms with Crippen LogP contribution in [0.25, 0.3) is 0 Å². The molecule has 1 aromatic heterocycles. The molecule has 5 rings (SSSR count). The fraction of sp³-hybridized carbons (Fsp3) is 0.500. The highest BCUT2D eigenvalue weighted by Gasteiger charge is 2.50. The van der Waals surface area contributed by atoms with Crippen molar-refractivity contribution in [1.29, 1.82) is 0 Å². The number of carboxylic acid groups (broad SMARTS) is 1. The van der Waals surface area contributed by atoms with Crippen LogP contribution in [0.5, 0.6) is 5.75 Å². The van der Waals surface area contributed by atoms with E-state index in [-0.39, 0.29) is 17.6 Å². The highest BCUT2D eigenvalue weighted by Crippen LogP contribution is 2.38. The number of carbonyl (C=O) groups excluding carboxylic acids is 1. The number of aromatic nitrogens is 1. The van der Waals surface area contributed by atoms with Crippen molar-refractivity contribution in [1.82, 2.24) is 14.8 Å². The van der Waals surface area contributed by atoms with Crippen LogP contribution in [0.15, 0.2) is 48.8 Å². The van der Waals surface area contributed by atoms with Gasteiger partial charge in [0.15, 0.2) is 6.10 Å². The zero-order valence-corrected chi connectivity index (χ0v) is 20.5. The maximum Gasteiger partial charge on any atom is 0.490 e. The van der Waals surface area contributed by atoms with E-state index in [1.165, 1.54) is 5.56 Å². The summed E-state index contributed by atoms with van der Waals surface area (Å²) in [5.74, 6) is -1.28. The average molecular weight is 522 g/mol. The van der Waals surface area contributed by atoms with Crippen LogP contribution < -0.4 is 4.74 Å². The minimum Gasteiger partial charge on any atom is -0.480 e. The normalized spacial score (nSPS) is 21.9. The van der Waals surface area contributed by atoms with Crippen LogP contribution in [0.4, 0.5) is 13.2 Å². The molecule has 37 heavy (non-hydrogen) atoms. The number of likely N-dealkylation sites (tertiary alicyclic amines) is 1. The molecule has 200 valence electrons. The number of rotatable bonds is 5. The molecule has 0 saturated carbocycles. The quantitative estimate of drug-likeness (QED) is 0.646. The van der Waals surface area contributed by atoms with E-state index in [1.807, 2.05) is 47.6 Å². The molecule has 3 aliphatic heterocycles. The fourth-order valence-electron chi connectivity index (χ4n) is 4.95. The number of amides is 1. The van der Waals surface area contributed by atoms with Crippen LogP contribution in [0.2, 0.25) is 0 Å². The van der Waals surface area contributed by atoms with Crippen molar-refractivity contribution in [2.45, 2.75) is 43.7 Å². The first-order valence-electron chi connectivity index (χ1n) is 12.1. The molecule has 1 spiro atoms. The van der Waals surface area contributed by atoms with Crippen LogP contribution in [0, 0.1) is 5.92 Å². The Labute approximate surface area is 213 Å². The molecule has 0 bridgehead atoms. The second-order valence-corrected chi connectivity index (χ2v) is 9.87. The first-order valence-corrected chi connectivity index (χ1v) is 12.1. The number of para-hydroxylation sites is 1. The molecule has 1 N–H and O–H groups in total. The number of alkyl halides is 3. The number of carboxylic acids is 1. The summed E-state index contributed by atoms with van der Waals surface area (Å²) in [5, 5.41) is 7.12. The molecule has 8 nitrogen and oxygen atoms in total. The number of ether oxygens (including phenoxy) is 2. The van der Waals surface area contributed by atoms with Gasteiger partial charge in [0.1, 0.15) is 11.4 Å². The Bertz CT molecular complexity index is 1060. The topological polar surface area (TPSA) is 92.2 Å². The maximum absolute atomic E-state index is 12.8. The third-order valence-electron chi connectivity index (χ3n) is 6.81. The molecule has 2 atom stereocenters. The largest absolute Gasteiger partial charge is 0.490 e. The Kier molecular flexibility index (Phi) is 8.03. The molecule has 0 aliphatic carbocycles. The van der Waals surface area contributed by atoms with E-state index in [9.17, 15) is 18.0 Å². The van der Waals surface area contributed by atoms with Gasteiger partial charge in [-0.15, -0.1) is 0 Å². The number of aliphatic carboxylic acids is 1. The highest BCUT2D eigenvalue weighted by molar-refractivity contribution is 5.83. The second kappa shape index (κ2) is 11.1. The van der Waals surface area contributed by atoms with Gasteiger partial charge in [-0.05, 0) is 49.1 Å². The molecule has 11 heteroatoms. The summed E-state index contributed by atoms with van der Waals surface area (Å²) in [6.45, 7) is 4.08. The molecule has 2 aromatic rings. The lowest BCUT2D eigenvalue weighted by molar-refractivity contribution is -0.193. The summed E-state index contributed by atoms with van der Waals surface area (Å²) < 4.78 is 43.9. The van der Waals surface area contributed by atoms with Crippen LogP contribution in [-0.4, -0.2) is 82.9 Å². The average Bonchev–Trinajstić information content (AvgIpc) is 3.28. The summed E-state index contributed by atoms with van der Waals surface area (Å²) in [4.78, 5) is 30.2. The number of fused-ring (bicyclic) bond motifs is 1. The molecule has 2 fully saturated rings. The van der Waals surface area contributed by atoms with Gasteiger partial charge in [0.2, 0.25) is 0 Å². The summed E-state index contributed by atoms with van der Waals surface area (Å²) in [5.41, 5.74) is 2.22. The molecule has 0 radical (unpaired) electrons. The lowest BCUT2D eigenvalue weighted by Crippen LogP contribution is -2.68. The molecule has 4 heterocycles. The third-order valence-corrected chi connectivity index (χ3v) is 6.81. The molecular formula is C26H30F3N3O5. The lowest BCUT2D eigenvalue weighted by Gasteiger charge is -2.53. The molecule has 1 aromatic carbocycles. The van der Waals surface area contributed by atoms with Gasteiger partial charge in [0.25, 0.3) is 5.91 Å². The Morgan fingerprint density at radius 2 is 1.95 bits per heavy atom. The monoisotopic (exact) mass is 521 g/mol. The number of nitrogens with zero attached hydrogens (tertiary/aromatic N) is 3. The van der Waals surface area contributed by atoms with Gasteiger partial charge in [0, 0.05) is 31.9 Å².